The second-order valence-electron chi connectivity index (χ2n) is 32.8. The smallest absolute Gasteiger partial charge is 0.177 e. The van der Waals surface area contributed by atoms with Crippen LogP contribution in [0.4, 0.5) is 4.39 Å². The SMILES string of the molecule is C=C(N)C(=O)CCCN1CCCCCC1.C=CC(=O)CCCC1CC2CCC(C1)N2C.C=CC(=O)CCCN1CC2(C)CC1CC(C)(C)C2.C=CC(=O)CCCN1CC2CC3CC(C2)CC1C3.C=CC(=O)CCCN1CCCC(C)(F)CC1.C=CC(=O)CCCN1CCCCCC1. The molecule has 0 radical (unpaired) electrons. The fourth-order valence-electron chi connectivity index (χ4n) is 18.6. The van der Waals surface area contributed by atoms with E-state index < -0.39 is 5.67 Å². The van der Waals surface area contributed by atoms with E-state index in [9.17, 15) is 33.2 Å². The van der Waals surface area contributed by atoms with E-state index >= 15 is 0 Å². The first-order valence-corrected chi connectivity index (χ1v) is 39.1. The molecule has 2 N–H and O–H groups in total. The summed E-state index contributed by atoms with van der Waals surface area (Å²) in [5.74, 6) is 4.74. The van der Waals surface area contributed by atoms with Gasteiger partial charge in [0.15, 0.2) is 34.7 Å². The number of halogens is 1. The molecular weight excluding hydrogens is 1210 g/mol. The van der Waals surface area contributed by atoms with Gasteiger partial charge in [-0.15, -0.1) is 0 Å². The number of Topliss-reactive ketones (excluding diaryl/α,β-unsaturated/α-hetero) is 1. The summed E-state index contributed by atoms with van der Waals surface area (Å²) in [5, 5.41) is 0. The first-order chi connectivity index (χ1) is 46.3. The summed E-state index contributed by atoms with van der Waals surface area (Å²) in [6.07, 6.45) is 47.8. The highest BCUT2D eigenvalue weighted by molar-refractivity contribution is 5.93. The van der Waals surface area contributed by atoms with Gasteiger partial charge in [-0.25, -0.2) is 4.39 Å². The Bertz CT molecular complexity index is 2430. The Kier molecular flexibility index (Phi) is 38.2. The predicted molar refractivity (Wildman–Crippen MR) is 401 cm³/mol. The Hall–Kier alpha value is -4.05. The van der Waals surface area contributed by atoms with Gasteiger partial charge < -0.3 is 30.2 Å². The molecule has 550 valence electrons. The molecule has 8 saturated heterocycles. The van der Waals surface area contributed by atoms with Crippen LogP contribution >= 0.6 is 0 Å². The van der Waals surface area contributed by atoms with Crippen molar-refractivity contribution in [2.24, 2.45) is 40.2 Å². The zero-order valence-electron chi connectivity index (χ0n) is 62.5. The minimum absolute atomic E-state index is 0.00446. The van der Waals surface area contributed by atoms with Gasteiger partial charge in [0.05, 0.1) is 5.70 Å². The number of rotatable bonds is 30. The minimum atomic E-state index is -0.994. The van der Waals surface area contributed by atoms with Crippen LogP contribution in [-0.4, -0.2) is 186 Å². The third-order valence-electron chi connectivity index (χ3n) is 23.4. The van der Waals surface area contributed by atoms with Crippen LogP contribution in [0.3, 0.4) is 0 Å². The van der Waals surface area contributed by atoms with Crippen molar-refractivity contribution < 1.29 is 33.2 Å². The lowest BCUT2D eigenvalue weighted by Crippen LogP contribution is -2.39. The first kappa shape index (κ1) is 83.6. The number of allylic oxidation sites excluding steroid dienone is 6. The molecule has 3 aliphatic carbocycles. The molecule has 8 heterocycles. The Morgan fingerprint density at radius 3 is 1.34 bits per heavy atom. The number of ketones is 6. The zero-order chi connectivity index (χ0) is 70.8. The molecule has 11 rings (SSSR count). The van der Waals surface area contributed by atoms with Gasteiger partial charge >= 0.3 is 0 Å². The minimum Gasteiger partial charge on any atom is -0.396 e. The summed E-state index contributed by atoms with van der Waals surface area (Å²) in [5.41, 5.74) is 5.53. The van der Waals surface area contributed by atoms with E-state index in [1.54, 1.807) is 6.92 Å². The molecule has 0 aromatic carbocycles. The van der Waals surface area contributed by atoms with Gasteiger partial charge in [-0.3, -0.25) is 33.7 Å². The normalized spacial score (nSPS) is 29.3. The highest BCUT2D eigenvalue weighted by atomic mass is 19.1. The van der Waals surface area contributed by atoms with Gasteiger partial charge in [0.1, 0.15) is 5.67 Å². The van der Waals surface area contributed by atoms with E-state index in [1.807, 2.05) is 0 Å². The summed E-state index contributed by atoms with van der Waals surface area (Å²) >= 11 is 0. The lowest BCUT2D eigenvalue weighted by Gasteiger charge is -2.40. The van der Waals surface area contributed by atoms with Crippen molar-refractivity contribution in [1.82, 2.24) is 29.4 Å². The quantitative estimate of drug-likeness (QED) is 0.0681. The first-order valence-electron chi connectivity index (χ1n) is 39.1. The Morgan fingerprint density at radius 2 is 0.876 bits per heavy atom. The van der Waals surface area contributed by atoms with Gasteiger partial charge in [-0.05, 0) is 311 Å². The van der Waals surface area contributed by atoms with E-state index in [4.69, 9.17) is 5.73 Å². The molecule has 11 fully saturated rings. The topological polar surface area (TPSA) is 148 Å². The van der Waals surface area contributed by atoms with Crippen LogP contribution in [0.25, 0.3) is 0 Å². The summed E-state index contributed by atoms with van der Waals surface area (Å²) < 4.78 is 13.7. The predicted octanol–water partition coefficient (Wildman–Crippen LogP) is 16.1. The summed E-state index contributed by atoms with van der Waals surface area (Å²) in [7, 11) is 2.28. The summed E-state index contributed by atoms with van der Waals surface area (Å²) in [6.45, 7) is 44.3. The number of alkyl halides is 1. The molecule has 7 unspecified atom stereocenters. The fourth-order valence-corrected chi connectivity index (χ4v) is 18.6. The van der Waals surface area contributed by atoms with Crippen molar-refractivity contribution in [1.29, 1.82) is 0 Å². The molecule has 3 saturated carbocycles. The van der Waals surface area contributed by atoms with Gasteiger partial charge in [0, 0.05) is 82.3 Å². The monoisotopic (exact) mass is 1350 g/mol. The maximum absolute atomic E-state index is 13.7. The van der Waals surface area contributed by atoms with Crippen LogP contribution in [0.1, 0.15) is 259 Å². The third-order valence-corrected chi connectivity index (χ3v) is 23.4. The highest BCUT2D eigenvalue weighted by Gasteiger charge is 2.49. The van der Waals surface area contributed by atoms with E-state index in [0.717, 1.165) is 139 Å². The van der Waals surface area contributed by atoms with Crippen LogP contribution in [0.2, 0.25) is 0 Å². The maximum atomic E-state index is 13.7. The van der Waals surface area contributed by atoms with Crippen LogP contribution in [0.5, 0.6) is 0 Å². The molecule has 0 amide bonds. The van der Waals surface area contributed by atoms with E-state index in [2.05, 4.69) is 96.7 Å². The molecule has 0 aromatic rings. The van der Waals surface area contributed by atoms with Crippen molar-refractivity contribution in [3.63, 3.8) is 0 Å². The Labute approximate surface area is 591 Å². The number of hydrogen-bond acceptors (Lipinski definition) is 13. The number of nitrogens with two attached hydrogens (primary N) is 1. The number of nitrogens with zero attached hydrogens (tertiary/aromatic N) is 6. The number of hydrogen-bond donors (Lipinski definition) is 1. The molecule has 0 aromatic heterocycles. The zero-order valence-corrected chi connectivity index (χ0v) is 62.5. The van der Waals surface area contributed by atoms with Crippen molar-refractivity contribution in [2.45, 2.75) is 289 Å². The van der Waals surface area contributed by atoms with Crippen LogP contribution in [-0.2, 0) is 28.8 Å². The molecule has 8 aliphatic heterocycles. The number of likely N-dealkylation sites (tertiary alicyclic amines) is 4. The second kappa shape index (κ2) is 44.4. The standard InChI is InChI=1S/C16H25NO.C16H27NO.C14H23NO.C13H22FNO.C12H22N2O.C12H21NO/c1-2-16(18)4-3-5-17-11-14-7-12-6-13(8-14)10-15(17)9-12;1-5-14(18)7-6-8-17-12-16(4)10-13(17)9-15(2,3)11-16;1-3-14(16)6-4-5-11-9-12-7-8-13(10-11)15(12)2;1-3-12(16)6-4-9-15-10-5-7-13(2,14)8-11-15;1-11(13)12(15)7-6-10-14-8-4-2-3-5-9-14;1-2-12(14)8-7-11-13-9-5-3-4-6-10-13/h2,12-15H,1,3-11H2;5,13H,1,6-12H2,2-4H3;3,11-13H,1,4-10H2,2H3;3H,1,4-11H2,2H3;1-10,13H2;2H,1,3-11H2. The average molecular weight is 1350 g/mol. The molecule has 8 bridgehead atoms. The van der Waals surface area contributed by atoms with Crippen LogP contribution in [0.15, 0.2) is 75.6 Å². The van der Waals surface area contributed by atoms with E-state index in [1.165, 1.54) is 204 Å². The lowest BCUT2D eigenvalue weighted by molar-refractivity contribution is -0.116. The number of fused-ring (bicyclic) bond motifs is 5. The molecule has 11 aliphatic rings. The molecular formula is C83H140FN7O6. The maximum Gasteiger partial charge on any atom is 0.177 e. The number of piperidine rings is 1. The molecule has 14 heteroatoms. The molecule has 97 heavy (non-hydrogen) atoms. The van der Waals surface area contributed by atoms with Crippen molar-refractivity contribution in [3.05, 3.63) is 75.6 Å². The molecule has 0 spiro atoms. The molecule has 7 atom stereocenters. The van der Waals surface area contributed by atoms with Gasteiger partial charge in [0.25, 0.3) is 0 Å². The summed E-state index contributed by atoms with van der Waals surface area (Å²) in [4.78, 5) is 82.0. The summed E-state index contributed by atoms with van der Waals surface area (Å²) in [6, 6.07) is 3.25. The second-order valence-corrected chi connectivity index (χ2v) is 32.8. The van der Waals surface area contributed by atoms with E-state index in [0.29, 0.717) is 62.2 Å². The fraction of sp³-hybridized carbons (Fsp3) is 0.783. The Morgan fingerprint density at radius 1 is 0.464 bits per heavy atom. The average Bonchev–Trinajstić information content (AvgIpc) is 1.64. The van der Waals surface area contributed by atoms with Crippen molar-refractivity contribution in [3.8, 4) is 0 Å². The van der Waals surface area contributed by atoms with Crippen LogP contribution in [0, 0.1) is 34.5 Å². The van der Waals surface area contributed by atoms with Gasteiger partial charge in [-0.1, -0.05) is 85.9 Å². The van der Waals surface area contributed by atoms with Gasteiger partial charge in [0.2, 0.25) is 0 Å². The van der Waals surface area contributed by atoms with Crippen molar-refractivity contribution >= 4 is 34.7 Å². The largest absolute Gasteiger partial charge is 0.396 e. The number of carbonyl (C=O) groups is 6. The molecule has 13 nitrogen and oxygen atoms in total. The third kappa shape index (κ3) is 32.7. The van der Waals surface area contributed by atoms with Gasteiger partial charge in [-0.2, -0.15) is 0 Å². The highest BCUT2D eigenvalue weighted by Crippen LogP contribution is 2.53. The van der Waals surface area contributed by atoms with Crippen molar-refractivity contribution in [2.75, 3.05) is 92.1 Å². The van der Waals surface area contributed by atoms with Crippen LogP contribution < -0.4 is 5.73 Å². The lowest BCUT2D eigenvalue weighted by atomic mass is 9.65. The number of carbonyl (C=O) groups excluding carboxylic acids is 6. The van der Waals surface area contributed by atoms with E-state index in [-0.39, 0.29) is 40.4 Å². The Balaban J connectivity index is 0.000000211.